The van der Waals surface area contributed by atoms with Gasteiger partial charge < -0.3 is 19.9 Å². The lowest BCUT2D eigenvalue weighted by atomic mass is 10.0. The number of carbonyl (C=O) groups is 4. The van der Waals surface area contributed by atoms with Crippen LogP contribution in [0.5, 0.6) is 5.75 Å². The van der Waals surface area contributed by atoms with E-state index in [1.54, 1.807) is 30.3 Å². The summed E-state index contributed by atoms with van der Waals surface area (Å²) >= 11 is 0. The van der Waals surface area contributed by atoms with Crippen LogP contribution in [0.15, 0.2) is 41.6 Å². The van der Waals surface area contributed by atoms with Crippen LogP contribution in [0.25, 0.3) is 0 Å². The number of sulfone groups is 1. The van der Waals surface area contributed by atoms with Crippen LogP contribution < -0.4 is 10.1 Å². The Balaban J connectivity index is 1.76. The molecule has 160 valence electrons. The first-order valence-electron chi connectivity index (χ1n) is 8.72. The quantitative estimate of drug-likeness (QED) is 0.405. The number of para-hydroxylation sites is 1. The Bertz CT molecular complexity index is 1030. The van der Waals surface area contributed by atoms with Gasteiger partial charge in [0.1, 0.15) is 24.1 Å². The number of amides is 2. The zero-order valence-electron chi connectivity index (χ0n) is 15.7. The number of nitrogens with one attached hydrogen (secondary N) is 1. The lowest BCUT2D eigenvalue weighted by molar-refractivity contribution is -0.151. The summed E-state index contributed by atoms with van der Waals surface area (Å²) in [5.41, 5.74) is -0.786. The minimum atomic E-state index is -4.05. The van der Waals surface area contributed by atoms with Gasteiger partial charge >= 0.3 is 11.9 Å². The van der Waals surface area contributed by atoms with Gasteiger partial charge in [-0.05, 0) is 12.1 Å². The number of esters is 1. The first-order chi connectivity index (χ1) is 14.1. The summed E-state index contributed by atoms with van der Waals surface area (Å²) in [6, 6.07) is 6.94. The van der Waals surface area contributed by atoms with Crippen molar-refractivity contribution in [2.45, 2.75) is 18.3 Å². The van der Waals surface area contributed by atoms with E-state index in [-0.39, 0.29) is 5.57 Å². The molecule has 30 heavy (non-hydrogen) atoms. The van der Waals surface area contributed by atoms with Crippen molar-refractivity contribution in [2.24, 2.45) is 0 Å². The lowest BCUT2D eigenvalue weighted by Crippen LogP contribution is -2.75. The second-order valence-corrected chi connectivity index (χ2v) is 8.69. The monoisotopic (exact) mass is 438 g/mol. The average molecular weight is 438 g/mol. The summed E-state index contributed by atoms with van der Waals surface area (Å²) in [6.45, 7) is 0.0491. The maximum absolute atomic E-state index is 12.6. The number of fused-ring (bicyclic) bond motifs is 1. The zero-order valence-corrected chi connectivity index (χ0v) is 16.5. The maximum atomic E-state index is 12.6. The summed E-state index contributed by atoms with van der Waals surface area (Å²) in [5, 5.41) is 10.2. The van der Waals surface area contributed by atoms with Gasteiger partial charge in [0.2, 0.25) is 0 Å². The molecule has 0 bridgehead atoms. The van der Waals surface area contributed by atoms with Crippen LogP contribution >= 0.6 is 0 Å². The molecular weight excluding hydrogens is 420 g/mol. The van der Waals surface area contributed by atoms with Crippen molar-refractivity contribution >= 4 is 33.6 Å². The van der Waals surface area contributed by atoms with Gasteiger partial charge in [-0.3, -0.25) is 19.3 Å². The normalized spacial score (nSPS) is 21.9. The molecule has 1 aromatic carbocycles. The summed E-state index contributed by atoms with van der Waals surface area (Å²) < 4.78 is 35.2. The van der Waals surface area contributed by atoms with Gasteiger partial charge in [-0.15, -0.1) is 0 Å². The van der Waals surface area contributed by atoms with Crippen LogP contribution in [-0.4, -0.2) is 72.6 Å². The highest BCUT2D eigenvalue weighted by Crippen LogP contribution is 2.36. The molecule has 2 atom stereocenters. The van der Waals surface area contributed by atoms with Crippen LogP contribution in [-0.2, 0) is 33.8 Å². The van der Waals surface area contributed by atoms with Gasteiger partial charge in [0.25, 0.3) is 11.8 Å². The van der Waals surface area contributed by atoms with Crippen molar-refractivity contribution in [3.8, 4) is 5.75 Å². The Morgan fingerprint density at radius 2 is 1.90 bits per heavy atom. The number of hydrogen-bond donors (Lipinski definition) is 2. The van der Waals surface area contributed by atoms with E-state index in [2.05, 4.69) is 5.32 Å². The Hall–Kier alpha value is -3.41. The SMILES string of the molecule is CC(=O)OCC1=C(C(=O)O)N2C(=O)[C@H](NC(=O)COc3ccccc3)[C@@H]2S(=O)(=O)C1. The Labute approximate surface area is 171 Å². The predicted molar refractivity (Wildman–Crippen MR) is 99.6 cm³/mol. The first-order valence-corrected chi connectivity index (χ1v) is 10.4. The van der Waals surface area contributed by atoms with Gasteiger partial charge in [0.15, 0.2) is 21.8 Å². The molecular formula is C18H18N2O9S. The van der Waals surface area contributed by atoms with Gasteiger partial charge in [-0.1, -0.05) is 18.2 Å². The number of β-lactam (4-membered cyclic amide) rings is 1. The number of aliphatic carboxylic acids is 1. The molecule has 1 aromatic rings. The molecule has 11 nitrogen and oxygen atoms in total. The van der Waals surface area contributed by atoms with Crippen LogP contribution in [0.1, 0.15) is 6.92 Å². The highest BCUT2D eigenvalue weighted by Gasteiger charge is 2.60. The van der Waals surface area contributed by atoms with Gasteiger partial charge in [0.05, 0.1) is 5.75 Å². The van der Waals surface area contributed by atoms with E-state index in [4.69, 9.17) is 9.47 Å². The molecule has 0 saturated carbocycles. The molecule has 0 radical (unpaired) electrons. The second-order valence-electron chi connectivity index (χ2n) is 6.59. The molecule has 1 fully saturated rings. The topological polar surface area (TPSA) is 156 Å². The number of nitrogens with zero attached hydrogens (tertiary/aromatic N) is 1. The molecule has 0 spiro atoms. The van der Waals surface area contributed by atoms with Crippen LogP contribution in [0, 0.1) is 0 Å². The van der Waals surface area contributed by atoms with E-state index in [0.29, 0.717) is 10.6 Å². The standard InChI is InChI=1S/C18H18N2O9S/c1-10(21)28-7-11-9-30(26,27)17-14(16(23)20(17)15(11)18(24)25)19-13(22)8-29-12-5-3-2-4-6-12/h2-6,14,17H,7-9H2,1H3,(H,19,22)(H,24,25)/t14-,17-/m0/s1. The summed E-state index contributed by atoms with van der Waals surface area (Å²) in [5.74, 6) is -4.21. The second kappa shape index (κ2) is 8.14. The number of rotatable bonds is 7. The van der Waals surface area contributed by atoms with Crippen molar-refractivity contribution < 1.29 is 42.2 Å². The number of hydrogen-bond acceptors (Lipinski definition) is 8. The lowest BCUT2D eigenvalue weighted by Gasteiger charge is -2.48. The van der Waals surface area contributed by atoms with Crippen molar-refractivity contribution in [1.29, 1.82) is 0 Å². The fourth-order valence-electron chi connectivity index (χ4n) is 3.20. The van der Waals surface area contributed by atoms with Crippen LogP contribution in [0.4, 0.5) is 0 Å². The summed E-state index contributed by atoms with van der Waals surface area (Å²) in [7, 11) is -4.05. The average Bonchev–Trinajstić information content (AvgIpc) is 2.68. The highest BCUT2D eigenvalue weighted by molar-refractivity contribution is 7.92. The van der Waals surface area contributed by atoms with Gasteiger partial charge in [0, 0.05) is 12.5 Å². The summed E-state index contributed by atoms with van der Waals surface area (Å²) in [4.78, 5) is 47.9. The van der Waals surface area contributed by atoms with Gasteiger partial charge in [-0.2, -0.15) is 0 Å². The third-order valence-corrected chi connectivity index (χ3v) is 6.41. The largest absolute Gasteiger partial charge is 0.484 e. The van der Waals surface area contributed by atoms with E-state index in [0.717, 1.165) is 6.92 Å². The third-order valence-electron chi connectivity index (χ3n) is 4.44. The third kappa shape index (κ3) is 4.13. The first kappa shape index (κ1) is 21.3. The number of carboxylic acid groups (broad SMARTS) is 1. The Kier molecular flexibility index (Phi) is 5.78. The maximum Gasteiger partial charge on any atom is 0.352 e. The van der Waals surface area contributed by atoms with Gasteiger partial charge in [-0.25, -0.2) is 13.2 Å². The molecule has 0 unspecified atom stereocenters. The Morgan fingerprint density at radius 3 is 2.50 bits per heavy atom. The minimum Gasteiger partial charge on any atom is -0.484 e. The van der Waals surface area contributed by atoms with Crippen molar-refractivity contribution in [3.63, 3.8) is 0 Å². The molecule has 3 rings (SSSR count). The van der Waals surface area contributed by atoms with E-state index < -0.39 is 69.7 Å². The zero-order chi connectivity index (χ0) is 22.1. The number of carbonyl (C=O) groups excluding carboxylic acids is 3. The van der Waals surface area contributed by atoms with E-state index in [1.165, 1.54) is 0 Å². The molecule has 2 aliphatic rings. The molecule has 0 aromatic heterocycles. The predicted octanol–water partition coefficient (Wildman–Crippen LogP) is -0.951. The molecule has 12 heteroatoms. The highest BCUT2D eigenvalue weighted by atomic mass is 32.2. The minimum absolute atomic E-state index is 0.223. The number of carboxylic acids is 1. The van der Waals surface area contributed by atoms with Crippen LogP contribution in [0.3, 0.4) is 0 Å². The van der Waals surface area contributed by atoms with Crippen LogP contribution in [0.2, 0.25) is 0 Å². The fraction of sp³-hybridized carbons (Fsp3) is 0.333. The molecule has 2 heterocycles. The fourth-order valence-corrected chi connectivity index (χ4v) is 5.21. The molecule has 0 aliphatic carbocycles. The van der Waals surface area contributed by atoms with E-state index in [1.807, 2.05) is 0 Å². The number of benzene rings is 1. The van der Waals surface area contributed by atoms with E-state index in [9.17, 15) is 32.7 Å². The molecule has 1 saturated heterocycles. The Morgan fingerprint density at radius 1 is 1.23 bits per heavy atom. The summed E-state index contributed by atoms with van der Waals surface area (Å²) in [6.07, 6.45) is 0. The number of ether oxygens (including phenoxy) is 2. The molecule has 2 N–H and O–H groups in total. The van der Waals surface area contributed by atoms with Crippen molar-refractivity contribution in [1.82, 2.24) is 10.2 Å². The molecule has 2 amide bonds. The van der Waals surface area contributed by atoms with E-state index >= 15 is 0 Å². The van der Waals surface area contributed by atoms with Crippen molar-refractivity contribution in [3.05, 3.63) is 41.6 Å². The molecule has 2 aliphatic heterocycles. The smallest absolute Gasteiger partial charge is 0.352 e. The van der Waals surface area contributed by atoms with Crippen molar-refractivity contribution in [2.75, 3.05) is 19.0 Å².